The molecule has 0 aliphatic heterocycles. The van der Waals surface area contributed by atoms with Crippen molar-refractivity contribution in [2.24, 2.45) is 0 Å². The largest absolute Gasteiger partial charge is 0.301 e. The molecule has 148 valence electrons. The number of amides is 1. The van der Waals surface area contributed by atoms with E-state index in [1.165, 1.54) is 34.2 Å². The number of hydrogen-bond donors (Lipinski definition) is 1. The van der Waals surface area contributed by atoms with Gasteiger partial charge in [-0.2, -0.15) is 4.68 Å². The van der Waals surface area contributed by atoms with Gasteiger partial charge in [-0.05, 0) is 66.9 Å². The number of tetrazole rings is 1. The molecular weight excluding hydrogens is 404 g/mol. The fourth-order valence-electron chi connectivity index (χ4n) is 3.17. The van der Waals surface area contributed by atoms with Crippen LogP contribution in [-0.4, -0.2) is 36.9 Å². The van der Waals surface area contributed by atoms with E-state index in [1.807, 2.05) is 32.9 Å². The van der Waals surface area contributed by atoms with Crippen LogP contribution in [-0.2, 0) is 4.79 Å². The third-order valence-corrected chi connectivity index (χ3v) is 6.27. The van der Waals surface area contributed by atoms with Gasteiger partial charge in [0.05, 0.1) is 21.7 Å². The molecule has 1 amide bonds. The van der Waals surface area contributed by atoms with E-state index < -0.39 is 0 Å². The maximum Gasteiger partial charge on any atom is 0.236 e. The number of anilines is 1. The highest BCUT2D eigenvalue weighted by Gasteiger charge is 2.15. The smallest absolute Gasteiger partial charge is 0.236 e. The first-order chi connectivity index (χ1) is 13.9. The number of aryl methyl sites for hydroxylation is 4. The Bertz CT molecular complexity index is 1210. The van der Waals surface area contributed by atoms with Gasteiger partial charge in [0.1, 0.15) is 0 Å². The number of fused-ring (bicyclic) bond motifs is 1. The number of benzene rings is 2. The zero-order chi connectivity index (χ0) is 20.5. The molecule has 0 saturated heterocycles. The number of carbonyl (C=O) groups is 1. The van der Waals surface area contributed by atoms with Crippen molar-refractivity contribution in [2.75, 3.05) is 11.1 Å². The predicted molar refractivity (Wildman–Crippen MR) is 117 cm³/mol. The minimum absolute atomic E-state index is 0.140. The lowest BCUT2D eigenvalue weighted by Crippen LogP contribution is -2.14. The summed E-state index contributed by atoms with van der Waals surface area (Å²) in [6.45, 7) is 8.15. The van der Waals surface area contributed by atoms with Crippen LogP contribution in [0.25, 0.3) is 15.9 Å². The van der Waals surface area contributed by atoms with E-state index in [9.17, 15) is 4.79 Å². The van der Waals surface area contributed by atoms with Crippen LogP contribution in [0.15, 0.2) is 35.5 Å². The van der Waals surface area contributed by atoms with Crippen molar-refractivity contribution in [1.82, 2.24) is 25.2 Å². The van der Waals surface area contributed by atoms with Crippen molar-refractivity contribution in [3.63, 3.8) is 0 Å². The van der Waals surface area contributed by atoms with Crippen LogP contribution in [0.4, 0.5) is 5.13 Å². The molecule has 0 unspecified atom stereocenters. The van der Waals surface area contributed by atoms with E-state index in [0.29, 0.717) is 10.3 Å². The lowest BCUT2D eigenvalue weighted by molar-refractivity contribution is -0.113. The third kappa shape index (κ3) is 4.15. The van der Waals surface area contributed by atoms with E-state index in [2.05, 4.69) is 50.9 Å². The topological polar surface area (TPSA) is 85.6 Å². The van der Waals surface area contributed by atoms with Crippen molar-refractivity contribution in [3.05, 3.63) is 52.6 Å². The summed E-state index contributed by atoms with van der Waals surface area (Å²) < 4.78 is 2.74. The third-order valence-electron chi connectivity index (χ3n) is 4.43. The number of carbonyl (C=O) groups excluding carboxylic acids is 1. The molecule has 29 heavy (non-hydrogen) atoms. The van der Waals surface area contributed by atoms with E-state index in [4.69, 9.17) is 0 Å². The predicted octanol–water partition coefficient (Wildman–Crippen LogP) is 4.24. The average molecular weight is 425 g/mol. The molecule has 0 fully saturated rings. The Morgan fingerprint density at radius 1 is 1.10 bits per heavy atom. The molecule has 0 saturated carbocycles. The lowest BCUT2D eigenvalue weighted by atomic mass is 10.1. The number of rotatable bonds is 5. The van der Waals surface area contributed by atoms with Crippen molar-refractivity contribution in [3.8, 4) is 5.69 Å². The lowest BCUT2D eigenvalue weighted by Gasteiger charge is -2.08. The summed E-state index contributed by atoms with van der Waals surface area (Å²) in [5.74, 6) is 0.0535. The summed E-state index contributed by atoms with van der Waals surface area (Å²) in [6.07, 6.45) is 0. The van der Waals surface area contributed by atoms with Crippen molar-refractivity contribution in [1.29, 1.82) is 0 Å². The fraction of sp³-hybridized carbons (Fsp3) is 0.250. The Labute approximate surface area is 176 Å². The van der Waals surface area contributed by atoms with Gasteiger partial charge in [0.15, 0.2) is 5.13 Å². The molecule has 4 aromatic rings. The maximum atomic E-state index is 12.5. The Morgan fingerprint density at radius 2 is 1.90 bits per heavy atom. The molecule has 0 bridgehead atoms. The number of nitrogens with one attached hydrogen (secondary N) is 1. The van der Waals surface area contributed by atoms with Crippen LogP contribution in [0.3, 0.4) is 0 Å². The highest BCUT2D eigenvalue weighted by molar-refractivity contribution is 7.99. The zero-order valence-corrected chi connectivity index (χ0v) is 18.2. The normalized spacial score (nSPS) is 11.2. The van der Waals surface area contributed by atoms with Crippen LogP contribution >= 0.6 is 23.1 Å². The molecular formula is C20H20N6OS2. The second-order valence-electron chi connectivity index (χ2n) is 6.95. The SMILES string of the molecule is Cc1ccc(-n2nnnc2SCC(=O)Nc2nc3c(C)cc(C)cc3s2)c(C)c1. The number of nitrogens with zero attached hydrogens (tertiary/aromatic N) is 5. The van der Waals surface area contributed by atoms with E-state index in [0.717, 1.165) is 27.0 Å². The van der Waals surface area contributed by atoms with Gasteiger partial charge in [0.25, 0.3) is 0 Å². The van der Waals surface area contributed by atoms with E-state index in [-0.39, 0.29) is 11.7 Å². The van der Waals surface area contributed by atoms with Crippen LogP contribution < -0.4 is 5.32 Å². The summed E-state index contributed by atoms with van der Waals surface area (Å²) in [4.78, 5) is 17.0. The molecule has 1 N–H and O–H groups in total. The molecule has 7 nitrogen and oxygen atoms in total. The number of thioether (sulfide) groups is 1. The second kappa shape index (κ2) is 7.92. The van der Waals surface area contributed by atoms with Gasteiger partial charge in [0.2, 0.25) is 11.1 Å². The first-order valence-electron chi connectivity index (χ1n) is 9.07. The molecule has 0 spiro atoms. The summed E-state index contributed by atoms with van der Waals surface area (Å²) in [5.41, 5.74) is 6.38. The highest BCUT2D eigenvalue weighted by Crippen LogP contribution is 2.29. The Hall–Kier alpha value is -2.78. The summed E-state index contributed by atoms with van der Waals surface area (Å²) in [7, 11) is 0. The Balaban J connectivity index is 1.46. The molecule has 4 rings (SSSR count). The number of hydrogen-bond acceptors (Lipinski definition) is 7. The minimum Gasteiger partial charge on any atom is -0.301 e. The molecule has 2 aromatic carbocycles. The Morgan fingerprint density at radius 3 is 2.69 bits per heavy atom. The summed E-state index contributed by atoms with van der Waals surface area (Å²) >= 11 is 2.78. The molecule has 0 atom stereocenters. The Kier molecular flexibility index (Phi) is 5.33. The van der Waals surface area contributed by atoms with Gasteiger partial charge in [-0.15, -0.1) is 5.10 Å². The van der Waals surface area contributed by atoms with Gasteiger partial charge in [0, 0.05) is 0 Å². The molecule has 0 aliphatic carbocycles. The van der Waals surface area contributed by atoms with Gasteiger partial charge >= 0.3 is 0 Å². The molecule has 0 radical (unpaired) electrons. The van der Waals surface area contributed by atoms with Gasteiger partial charge in [-0.25, -0.2) is 4.98 Å². The quantitative estimate of drug-likeness (QED) is 0.483. The van der Waals surface area contributed by atoms with E-state index in [1.54, 1.807) is 4.68 Å². The average Bonchev–Trinajstić information content (AvgIpc) is 3.26. The summed E-state index contributed by atoms with van der Waals surface area (Å²) in [5, 5.41) is 16.0. The van der Waals surface area contributed by atoms with Gasteiger partial charge in [-0.3, -0.25) is 4.79 Å². The molecule has 9 heteroatoms. The van der Waals surface area contributed by atoms with Gasteiger partial charge in [-0.1, -0.05) is 46.9 Å². The standard InChI is InChI=1S/C20H20N6OS2/c1-11-5-6-15(13(3)7-11)26-20(23-24-25-26)28-10-17(27)21-19-22-18-14(4)8-12(2)9-16(18)29-19/h5-9H,10H2,1-4H3,(H,21,22,27). The van der Waals surface area contributed by atoms with Crippen molar-refractivity contribution >= 4 is 44.4 Å². The first kappa shape index (κ1) is 19.5. The fourth-order valence-corrected chi connectivity index (χ4v) is 4.91. The minimum atomic E-state index is -0.140. The van der Waals surface area contributed by atoms with Crippen molar-refractivity contribution in [2.45, 2.75) is 32.9 Å². The van der Waals surface area contributed by atoms with Crippen LogP contribution in [0.1, 0.15) is 22.3 Å². The van der Waals surface area contributed by atoms with Crippen LogP contribution in [0.5, 0.6) is 0 Å². The van der Waals surface area contributed by atoms with Crippen LogP contribution in [0, 0.1) is 27.7 Å². The maximum absolute atomic E-state index is 12.5. The van der Waals surface area contributed by atoms with Gasteiger partial charge < -0.3 is 5.32 Å². The zero-order valence-electron chi connectivity index (χ0n) is 16.6. The van der Waals surface area contributed by atoms with Crippen molar-refractivity contribution < 1.29 is 4.79 Å². The highest BCUT2D eigenvalue weighted by atomic mass is 32.2. The summed E-state index contributed by atoms with van der Waals surface area (Å²) in [6, 6.07) is 10.3. The first-order valence-corrected chi connectivity index (χ1v) is 10.9. The monoisotopic (exact) mass is 424 g/mol. The van der Waals surface area contributed by atoms with Crippen LogP contribution in [0.2, 0.25) is 0 Å². The molecule has 2 heterocycles. The molecule has 2 aromatic heterocycles. The van der Waals surface area contributed by atoms with E-state index >= 15 is 0 Å². The second-order valence-corrected chi connectivity index (χ2v) is 8.92. The number of thiazole rings is 1. The molecule has 0 aliphatic rings. The number of aromatic nitrogens is 5.